The minimum Gasteiger partial charge on any atom is -0.467 e. The average molecular weight is 328 g/mol. The number of nitrogens with one attached hydrogen (secondary N) is 1. The van der Waals surface area contributed by atoms with E-state index < -0.39 is 0 Å². The Balaban J connectivity index is 1.95. The number of carbonyl (C=O) groups excluding carboxylic acids is 2. The number of para-hydroxylation sites is 1. The van der Waals surface area contributed by atoms with Gasteiger partial charge in [0.05, 0.1) is 12.8 Å². The summed E-state index contributed by atoms with van der Waals surface area (Å²) >= 11 is 0. The van der Waals surface area contributed by atoms with E-state index >= 15 is 0 Å². The molecule has 2 aromatic rings. The highest BCUT2D eigenvalue weighted by Gasteiger charge is 2.14. The lowest BCUT2D eigenvalue weighted by atomic mass is 10.1. The molecule has 0 fully saturated rings. The first-order valence-electron chi connectivity index (χ1n) is 8.17. The maximum Gasteiger partial charge on any atom is 0.226 e. The van der Waals surface area contributed by atoms with Crippen LogP contribution in [0.25, 0.3) is 0 Å². The molecule has 0 saturated heterocycles. The van der Waals surface area contributed by atoms with Crippen molar-refractivity contribution in [1.29, 1.82) is 0 Å². The molecular formula is C19H24N2O3. The van der Waals surface area contributed by atoms with Crippen LogP contribution in [-0.4, -0.2) is 23.3 Å². The number of hydrogen-bond acceptors (Lipinski definition) is 3. The fourth-order valence-corrected chi connectivity index (χ4v) is 2.58. The SMILES string of the molecule is CCc1cccc(C)c1NC(=O)CCN(Cc1ccco1)C(C)=O. The van der Waals surface area contributed by atoms with Crippen LogP contribution >= 0.6 is 0 Å². The molecule has 0 aliphatic heterocycles. The van der Waals surface area contributed by atoms with Crippen molar-refractivity contribution in [2.45, 2.75) is 40.2 Å². The summed E-state index contributed by atoms with van der Waals surface area (Å²) in [5.41, 5.74) is 3.04. The topological polar surface area (TPSA) is 62.6 Å². The zero-order valence-corrected chi connectivity index (χ0v) is 14.5. The van der Waals surface area contributed by atoms with Crippen molar-refractivity contribution in [2.24, 2.45) is 0 Å². The van der Waals surface area contributed by atoms with Gasteiger partial charge in [0, 0.05) is 25.6 Å². The molecule has 5 heteroatoms. The third-order valence-corrected chi connectivity index (χ3v) is 3.99. The molecule has 0 bridgehead atoms. The normalized spacial score (nSPS) is 10.5. The van der Waals surface area contributed by atoms with Crippen LogP contribution < -0.4 is 5.32 Å². The fourth-order valence-electron chi connectivity index (χ4n) is 2.58. The Kier molecular flexibility index (Phi) is 6.18. The van der Waals surface area contributed by atoms with Crippen LogP contribution in [0, 0.1) is 6.92 Å². The zero-order chi connectivity index (χ0) is 17.5. The molecular weight excluding hydrogens is 304 g/mol. The summed E-state index contributed by atoms with van der Waals surface area (Å²) in [6.07, 6.45) is 2.68. The molecule has 128 valence electrons. The van der Waals surface area contributed by atoms with E-state index in [1.54, 1.807) is 17.2 Å². The van der Waals surface area contributed by atoms with Gasteiger partial charge in [-0.1, -0.05) is 25.1 Å². The molecule has 0 radical (unpaired) electrons. The molecule has 2 amide bonds. The summed E-state index contributed by atoms with van der Waals surface area (Å²) in [5, 5.41) is 2.98. The van der Waals surface area contributed by atoms with Gasteiger partial charge < -0.3 is 14.6 Å². The molecule has 0 atom stereocenters. The Morgan fingerprint density at radius 2 is 2.00 bits per heavy atom. The smallest absolute Gasteiger partial charge is 0.226 e. The maximum absolute atomic E-state index is 12.3. The van der Waals surface area contributed by atoms with Crippen LogP contribution in [-0.2, 0) is 22.6 Å². The van der Waals surface area contributed by atoms with Gasteiger partial charge in [0.15, 0.2) is 0 Å². The molecule has 0 aliphatic rings. The predicted octanol–water partition coefficient (Wildman–Crippen LogP) is 3.53. The first kappa shape index (κ1) is 17.8. The highest BCUT2D eigenvalue weighted by Crippen LogP contribution is 2.21. The van der Waals surface area contributed by atoms with Gasteiger partial charge in [-0.3, -0.25) is 9.59 Å². The second kappa shape index (κ2) is 8.34. The van der Waals surface area contributed by atoms with Crippen LogP contribution in [0.1, 0.15) is 37.2 Å². The zero-order valence-electron chi connectivity index (χ0n) is 14.5. The number of rotatable bonds is 7. The average Bonchev–Trinajstić information content (AvgIpc) is 3.06. The van der Waals surface area contributed by atoms with E-state index in [9.17, 15) is 9.59 Å². The number of hydrogen-bond donors (Lipinski definition) is 1. The Morgan fingerprint density at radius 1 is 1.21 bits per heavy atom. The summed E-state index contributed by atoms with van der Waals surface area (Å²) in [5.74, 6) is 0.534. The van der Waals surface area contributed by atoms with Crippen molar-refractivity contribution in [3.63, 3.8) is 0 Å². The lowest BCUT2D eigenvalue weighted by Crippen LogP contribution is -2.31. The van der Waals surface area contributed by atoms with E-state index in [1.807, 2.05) is 31.2 Å². The Bertz CT molecular complexity index is 693. The summed E-state index contributed by atoms with van der Waals surface area (Å²) < 4.78 is 5.27. The third-order valence-electron chi connectivity index (χ3n) is 3.99. The highest BCUT2D eigenvalue weighted by molar-refractivity contribution is 5.92. The number of aryl methyl sites for hydroxylation is 2. The van der Waals surface area contributed by atoms with Gasteiger partial charge in [0.25, 0.3) is 0 Å². The largest absolute Gasteiger partial charge is 0.467 e. The van der Waals surface area contributed by atoms with Crippen molar-refractivity contribution in [3.05, 3.63) is 53.5 Å². The lowest BCUT2D eigenvalue weighted by Gasteiger charge is -2.20. The van der Waals surface area contributed by atoms with Crippen molar-refractivity contribution < 1.29 is 14.0 Å². The second-order valence-electron chi connectivity index (χ2n) is 5.78. The molecule has 1 N–H and O–H groups in total. The van der Waals surface area contributed by atoms with Gasteiger partial charge >= 0.3 is 0 Å². The number of benzene rings is 1. The first-order valence-corrected chi connectivity index (χ1v) is 8.17. The van der Waals surface area contributed by atoms with Gasteiger partial charge in [-0.25, -0.2) is 0 Å². The summed E-state index contributed by atoms with van der Waals surface area (Å²) in [6, 6.07) is 9.58. The van der Waals surface area contributed by atoms with Gasteiger partial charge in [0.2, 0.25) is 11.8 Å². The first-order chi connectivity index (χ1) is 11.5. The molecule has 2 rings (SSSR count). The molecule has 0 saturated carbocycles. The van der Waals surface area contributed by atoms with E-state index in [1.165, 1.54) is 6.92 Å². The lowest BCUT2D eigenvalue weighted by molar-refractivity contribution is -0.130. The molecule has 0 spiro atoms. The summed E-state index contributed by atoms with van der Waals surface area (Å²) in [7, 11) is 0. The Hall–Kier alpha value is -2.56. The van der Waals surface area contributed by atoms with Crippen molar-refractivity contribution in [2.75, 3.05) is 11.9 Å². The quantitative estimate of drug-likeness (QED) is 0.846. The maximum atomic E-state index is 12.3. The number of furan rings is 1. The number of nitrogens with zero attached hydrogens (tertiary/aromatic N) is 1. The monoisotopic (exact) mass is 328 g/mol. The number of carbonyl (C=O) groups is 2. The summed E-state index contributed by atoms with van der Waals surface area (Å²) in [4.78, 5) is 25.6. The third kappa shape index (κ3) is 4.72. The van der Waals surface area contributed by atoms with Crippen LogP contribution in [0.5, 0.6) is 0 Å². The molecule has 1 aromatic heterocycles. The van der Waals surface area contributed by atoms with E-state index in [4.69, 9.17) is 4.42 Å². The number of anilines is 1. The molecule has 1 aromatic carbocycles. The Labute approximate surface area is 142 Å². The Morgan fingerprint density at radius 3 is 2.62 bits per heavy atom. The van der Waals surface area contributed by atoms with Crippen molar-refractivity contribution in [3.8, 4) is 0 Å². The van der Waals surface area contributed by atoms with Crippen LogP contribution in [0.4, 0.5) is 5.69 Å². The van der Waals surface area contributed by atoms with Crippen LogP contribution in [0.2, 0.25) is 0 Å². The van der Waals surface area contributed by atoms with Gasteiger partial charge in [-0.05, 0) is 36.6 Å². The van der Waals surface area contributed by atoms with Gasteiger partial charge in [-0.15, -0.1) is 0 Å². The summed E-state index contributed by atoms with van der Waals surface area (Å²) in [6.45, 7) is 6.27. The second-order valence-corrected chi connectivity index (χ2v) is 5.78. The van der Waals surface area contributed by atoms with E-state index in [2.05, 4.69) is 12.2 Å². The minimum absolute atomic E-state index is 0.0793. The van der Waals surface area contributed by atoms with Gasteiger partial charge in [0.1, 0.15) is 5.76 Å². The van der Waals surface area contributed by atoms with Crippen molar-refractivity contribution >= 4 is 17.5 Å². The minimum atomic E-state index is -0.0929. The van der Waals surface area contributed by atoms with Crippen LogP contribution in [0.3, 0.4) is 0 Å². The molecule has 5 nitrogen and oxygen atoms in total. The van der Waals surface area contributed by atoms with E-state index in [0.717, 1.165) is 23.2 Å². The fraction of sp³-hybridized carbons (Fsp3) is 0.368. The number of amides is 2. The van der Waals surface area contributed by atoms with Crippen LogP contribution in [0.15, 0.2) is 41.0 Å². The van der Waals surface area contributed by atoms with E-state index in [-0.39, 0.29) is 18.2 Å². The predicted molar refractivity (Wildman–Crippen MR) is 93.6 cm³/mol. The standard InChI is InChI=1S/C19H24N2O3/c1-4-16-8-5-7-14(2)19(16)20-18(23)10-11-21(15(3)22)13-17-9-6-12-24-17/h5-9,12H,4,10-11,13H2,1-3H3,(H,20,23). The molecule has 24 heavy (non-hydrogen) atoms. The van der Waals surface area contributed by atoms with Gasteiger partial charge in [-0.2, -0.15) is 0 Å². The van der Waals surface area contributed by atoms with Crippen molar-refractivity contribution in [1.82, 2.24) is 4.90 Å². The molecule has 0 aliphatic carbocycles. The highest BCUT2D eigenvalue weighted by atomic mass is 16.3. The molecule has 0 unspecified atom stereocenters. The molecule has 1 heterocycles. The van der Waals surface area contributed by atoms with E-state index in [0.29, 0.717) is 18.8 Å².